The zero-order valence-electron chi connectivity index (χ0n) is 14.6. The third kappa shape index (κ3) is 5.08. The number of rotatable bonds is 6. The molecule has 0 bridgehead atoms. The lowest BCUT2D eigenvalue weighted by Crippen LogP contribution is -2.33. The number of carbonyl (C=O) groups excluding carboxylic acids is 1. The minimum atomic E-state index is -0.218. The van der Waals surface area contributed by atoms with Gasteiger partial charge in [-0.3, -0.25) is 4.79 Å². The molecule has 1 heterocycles. The first kappa shape index (κ1) is 20.2. The Balaban J connectivity index is 0.00000288. The van der Waals surface area contributed by atoms with Crippen LogP contribution in [0.4, 0.5) is 0 Å². The van der Waals surface area contributed by atoms with Gasteiger partial charge in [-0.25, -0.2) is 0 Å². The van der Waals surface area contributed by atoms with Crippen molar-refractivity contribution in [2.24, 2.45) is 5.73 Å². The SMILES string of the molecule is Cc1noc(C)c1CC(=O)NCC(N)c1ccc(C(C)C)cc1.Cl. The van der Waals surface area contributed by atoms with E-state index < -0.39 is 0 Å². The van der Waals surface area contributed by atoms with E-state index in [0.29, 0.717) is 18.2 Å². The maximum Gasteiger partial charge on any atom is 0.224 e. The summed E-state index contributed by atoms with van der Waals surface area (Å²) < 4.78 is 5.07. The summed E-state index contributed by atoms with van der Waals surface area (Å²) in [4.78, 5) is 12.1. The van der Waals surface area contributed by atoms with E-state index in [1.807, 2.05) is 26.0 Å². The van der Waals surface area contributed by atoms with E-state index in [1.54, 1.807) is 0 Å². The Kier molecular flexibility index (Phi) is 7.45. The Morgan fingerprint density at radius 3 is 2.29 bits per heavy atom. The minimum Gasteiger partial charge on any atom is -0.361 e. The summed E-state index contributed by atoms with van der Waals surface area (Å²) in [6.45, 7) is 8.36. The molecule has 0 radical (unpaired) electrons. The first-order chi connectivity index (χ1) is 10.9. The van der Waals surface area contributed by atoms with Crippen LogP contribution in [-0.2, 0) is 11.2 Å². The maximum absolute atomic E-state index is 12.1. The summed E-state index contributed by atoms with van der Waals surface area (Å²) in [5.74, 6) is 1.11. The second-order valence-corrected chi connectivity index (χ2v) is 6.21. The molecule has 1 atom stereocenters. The molecule has 0 aliphatic carbocycles. The summed E-state index contributed by atoms with van der Waals surface area (Å²) in [5, 5.41) is 6.73. The number of carbonyl (C=O) groups is 1. The van der Waals surface area contributed by atoms with E-state index in [9.17, 15) is 4.79 Å². The van der Waals surface area contributed by atoms with Crippen molar-refractivity contribution in [1.29, 1.82) is 0 Å². The number of amides is 1. The van der Waals surface area contributed by atoms with Crippen molar-refractivity contribution in [2.75, 3.05) is 6.54 Å². The third-order valence-electron chi connectivity index (χ3n) is 4.07. The molecule has 132 valence electrons. The molecule has 1 amide bonds. The number of nitrogens with zero attached hydrogens (tertiary/aromatic N) is 1. The lowest BCUT2D eigenvalue weighted by molar-refractivity contribution is -0.120. The van der Waals surface area contributed by atoms with Crippen molar-refractivity contribution in [3.05, 3.63) is 52.4 Å². The van der Waals surface area contributed by atoms with Crippen LogP contribution in [0.25, 0.3) is 0 Å². The van der Waals surface area contributed by atoms with Crippen molar-refractivity contribution in [1.82, 2.24) is 10.5 Å². The van der Waals surface area contributed by atoms with Crippen LogP contribution in [-0.4, -0.2) is 17.6 Å². The quantitative estimate of drug-likeness (QED) is 0.837. The second-order valence-electron chi connectivity index (χ2n) is 6.21. The Morgan fingerprint density at radius 1 is 1.21 bits per heavy atom. The second kappa shape index (κ2) is 8.85. The fourth-order valence-electron chi connectivity index (χ4n) is 2.45. The average Bonchev–Trinajstić information content (AvgIpc) is 2.84. The molecule has 0 saturated heterocycles. The summed E-state index contributed by atoms with van der Waals surface area (Å²) in [6.07, 6.45) is 0.264. The van der Waals surface area contributed by atoms with Gasteiger partial charge >= 0.3 is 0 Å². The highest BCUT2D eigenvalue weighted by Crippen LogP contribution is 2.17. The van der Waals surface area contributed by atoms with Gasteiger partial charge in [-0.15, -0.1) is 12.4 Å². The molecule has 24 heavy (non-hydrogen) atoms. The fraction of sp³-hybridized carbons (Fsp3) is 0.444. The third-order valence-corrected chi connectivity index (χ3v) is 4.07. The number of benzene rings is 1. The lowest BCUT2D eigenvalue weighted by atomic mass is 9.99. The molecule has 2 aromatic rings. The van der Waals surface area contributed by atoms with Gasteiger partial charge in [0.1, 0.15) is 5.76 Å². The van der Waals surface area contributed by atoms with Crippen LogP contribution < -0.4 is 11.1 Å². The molecular weight excluding hydrogens is 326 g/mol. The molecule has 1 unspecified atom stereocenters. The summed E-state index contributed by atoms with van der Waals surface area (Å²) >= 11 is 0. The number of halogens is 1. The Morgan fingerprint density at radius 2 is 1.79 bits per heavy atom. The smallest absolute Gasteiger partial charge is 0.224 e. The molecule has 5 nitrogen and oxygen atoms in total. The van der Waals surface area contributed by atoms with Gasteiger partial charge in [0.25, 0.3) is 0 Å². The topological polar surface area (TPSA) is 81.2 Å². The van der Waals surface area contributed by atoms with Gasteiger partial charge in [-0.05, 0) is 30.9 Å². The van der Waals surface area contributed by atoms with Crippen LogP contribution in [0.15, 0.2) is 28.8 Å². The molecule has 0 saturated carbocycles. The maximum atomic E-state index is 12.1. The van der Waals surface area contributed by atoms with Crippen molar-refractivity contribution < 1.29 is 9.32 Å². The van der Waals surface area contributed by atoms with Crippen LogP contribution in [0, 0.1) is 13.8 Å². The van der Waals surface area contributed by atoms with Gasteiger partial charge in [0.15, 0.2) is 0 Å². The zero-order chi connectivity index (χ0) is 17.0. The number of aromatic nitrogens is 1. The lowest BCUT2D eigenvalue weighted by Gasteiger charge is -2.14. The van der Waals surface area contributed by atoms with Crippen molar-refractivity contribution in [3.63, 3.8) is 0 Å². The largest absolute Gasteiger partial charge is 0.361 e. The molecular formula is C18H26ClN3O2. The van der Waals surface area contributed by atoms with Crippen molar-refractivity contribution >= 4 is 18.3 Å². The van der Waals surface area contributed by atoms with E-state index in [0.717, 1.165) is 16.8 Å². The van der Waals surface area contributed by atoms with E-state index >= 15 is 0 Å². The monoisotopic (exact) mass is 351 g/mol. The fourth-order valence-corrected chi connectivity index (χ4v) is 2.45. The van der Waals surface area contributed by atoms with Crippen LogP contribution in [0.1, 0.15) is 54.0 Å². The number of aryl methyl sites for hydroxylation is 2. The Labute approximate surface area is 149 Å². The molecule has 0 fully saturated rings. The van der Waals surface area contributed by atoms with E-state index in [-0.39, 0.29) is 30.8 Å². The molecule has 0 aliphatic rings. The van der Waals surface area contributed by atoms with E-state index in [2.05, 4.69) is 36.5 Å². The standard InChI is InChI=1S/C18H25N3O2.ClH/c1-11(2)14-5-7-15(8-6-14)17(19)10-20-18(22)9-16-12(3)21-23-13(16)4;/h5-8,11,17H,9-10,19H2,1-4H3,(H,20,22);1H. The molecule has 1 aromatic carbocycles. The van der Waals surface area contributed by atoms with Gasteiger partial charge in [0, 0.05) is 18.2 Å². The van der Waals surface area contributed by atoms with Gasteiger partial charge in [0.05, 0.1) is 12.1 Å². The van der Waals surface area contributed by atoms with Crippen molar-refractivity contribution in [2.45, 2.75) is 46.1 Å². The average molecular weight is 352 g/mol. The predicted molar refractivity (Wildman–Crippen MR) is 97.4 cm³/mol. The molecule has 3 N–H and O–H groups in total. The van der Waals surface area contributed by atoms with Gasteiger partial charge in [-0.1, -0.05) is 43.3 Å². The molecule has 1 aromatic heterocycles. The van der Waals surface area contributed by atoms with E-state index in [4.69, 9.17) is 10.3 Å². The van der Waals surface area contributed by atoms with Gasteiger partial charge in [0.2, 0.25) is 5.91 Å². The Hall–Kier alpha value is -1.85. The first-order valence-electron chi connectivity index (χ1n) is 7.92. The highest BCUT2D eigenvalue weighted by molar-refractivity contribution is 5.85. The summed E-state index contributed by atoms with van der Waals surface area (Å²) in [6, 6.07) is 8.02. The normalized spacial score (nSPS) is 11.9. The van der Waals surface area contributed by atoms with Gasteiger partial charge < -0.3 is 15.6 Å². The molecule has 2 rings (SSSR count). The number of nitrogens with two attached hydrogens (primary N) is 1. The van der Waals surface area contributed by atoms with Crippen molar-refractivity contribution in [3.8, 4) is 0 Å². The minimum absolute atomic E-state index is 0. The van der Waals surface area contributed by atoms with E-state index in [1.165, 1.54) is 5.56 Å². The summed E-state index contributed by atoms with van der Waals surface area (Å²) in [7, 11) is 0. The predicted octanol–water partition coefficient (Wildman–Crippen LogP) is 3.20. The molecule has 6 heteroatoms. The highest BCUT2D eigenvalue weighted by Gasteiger charge is 2.14. The van der Waals surface area contributed by atoms with Crippen LogP contribution in [0.3, 0.4) is 0 Å². The van der Waals surface area contributed by atoms with Gasteiger partial charge in [-0.2, -0.15) is 0 Å². The molecule has 0 spiro atoms. The van der Waals surface area contributed by atoms with Crippen LogP contribution >= 0.6 is 12.4 Å². The highest BCUT2D eigenvalue weighted by atomic mass is 35.5. The number of nitrogens with one attached hydrogen (secondary N) is 1. The number of hydrogen-bond acceptors (Lipinski definition) is 4. The first-order valence-corrected chi connectivity index (χ1v) is 7.92. The number of hydrogen-bond donors (Lipinski definition) is 2. The molecule has 0 aliphatic heterocycles. The summed E-state index contributed by atoms with van der Waals surface area (Å²) in [5.41, 5.74) is 10.1. The van der Waals surface area contributed by atoms with Crippen LogP contribution in [0.2, 0.25) is 0 Å². The van der Waals surface area contributed by atoms with Crippen LogP contribution in [0.5, 0.6) is 0 Å². The zero-order valence-corrected chi connectivity index (χ0v) is 15.4. The Bertz CT molecular complexity index is 646.